The summed E-state index contributed by atoms with van der Waals surface area (Å²) in [5.41, 5.74) is 9.75. The Labute approximate surface area is 252 Å². The molecular weight excluding hydrogens is 535 g/mol. The average molecular weight is 573 g/mol. The van der Waals surface area contributed by atoms with Crippen LogP contribution in [0.4, 0.5) is 0 Å². The molecule has 0 spiro atoms. The normalized spacial score (nSPS) is 17.0. The van der Waals surface area contributed by atoms with Crippen LogP contribution in [0.5, 0.6) is 0 Å². The Hall–Kier alpha value is -4.33. The maximum absolute atomic E-state index is 11.4. The molecule has 0 unspecified atom stereocenters. The molecule has 0 amide bonds. The van der Waals surface area contributed by atoms with E-state index in [-0.39, 0.29) is 5.54 Å². The minimum atomic E-state index is -0.914. The van der Waals surface area contributed by atoms with Gasteiger partial charge in [-0.3, -0.25) is 0 Å². The number of carboxylic acid groups (broad SMARTS) is 1. The molecule has 2 saturated carbocycles. The molecule has 218 valence electrons. The molecule has 0 bridgehead atoms. The van der Waals surface area contributed by atoms with Crippen molar-refractivity contribution in [1.29, 1.82) is 0 Å². The van der Waals surface area contributed by atoms with E-state index in [9.17, 15) is 9.90 Å². The Morgan fingerprint density at radius 3 is 2.53 bits per heavy atom. The van der Waals surface area contributed by atoms with Crippen LogP contribution in [0.2, 0.25) is 0 Å². The van der Waals surface area contributed by atoms with E-state index in [0.29, 0.717) is 11.5 Å². The van der Waals surface area contributed by atoms with Crippen LogP contribution >= 0.6 is 0 Å². The van der Waals surface area contributed by atoms with Crippen molar-refractivity contribution < 1.29 is 14.3 Å². The van der Waals surface area contributed by atoms with Gasteiger partial charge in [-0.05, 0) is 0 Å². The van der Waals surface area contributed by atoms with Crippen molar-refractivity contribution in [3.05, 3.63) is 83.1 Å². The number of carbonyl (C=O) groups is 1. The van der Waals surface area contributed by atoms with Gasteiger partial charge in [-0.15, -0.1) is 0 Å². The van der Waals surface area contributed by atoms with Crippen LogP contribution in [0.15, 0.2) is 65.0 Å². The molecule has 3 heterocycles. The number of hydrogen-bond donors (Lipinski definition) is 2. The van der Waals surface area contributed by atoms with Crippen LogP contribution in [0, 0.1) is 0 Å². The number of furan rings is 1. The van der Waals surface area contributed by atoms with Crippen molar-refractivity contribution in [2.24, 2.45) is 14.1 Å². The first kappa shape index (κ1) is 27.5. The molecule has 2 N–H and O–H groups in total. The predicted molar refractivity (Wildman–Crippen MR) is 174 cm³/mol. The van der Waals surface area contributed by atoms with Crippen LogP contribution < -0.4 is 5.32 Å². The van der Waals surface area contributed by atoms with E-state index in [1.807, 2.05) is 31.5 Å². The van der Waals surface area contributed by atoms with Crippen LogP contribution in [0.1, 0.15) is 80.3 Å². The third kappa shape index (κ3) is 4.55. The number of fused-ring (bicyclic) bond motifs is 2. The fraction of sp³-hybridized carbons (Fsp3) is 0.343. The molecule has 8 heteroatoms. The summed E-state index contributed by atoms with van der Waals surface area (Å²) in [5, 5.41) is 14.5. The van der Waals surface area contributed by atoms with Crippen LogP contribution in [0.3, 0.4) is 0 Å². The number of benzene rings is 2. The van der Waals surface area contributed by atoms with E-state index in [1.165, 1.54) is 47.8 Å². The fourth-order valence-corrected chi connectivity index (χ4v) is 7.36. The van der Waals surface area contributed by atoms with E-state index in [1.54, 1.807) is 19.3 Å². The van der Waals surface area contributed by atoms with Gasteiger partial charge in [-0.1, -0.05) is 0 Å². The molecule has 5 aromatic rings. The Kier molecular flexibility index (Phi) is 6.68. The van der Waals surface area contributed by atoms with Crippen molar-refractivity contribution in [2.45, 2.75) is 63.3 Å². The van der Waals surface area contributed by atoms with Gasteiger partial charge >= 0.3 is 253 Å². The number of carboxylic acids is 1. The summed E-state index contributed by atoms with van der Waals surface area (Å²) in [5.74, 6) is 0.639. The van der Waals surface area contributed by atoms with Gasteiger partial charge in [0.25, 0.3) is 0 Å². The molecule has 2 aliphatic carbocycles. The number of aromatic nitrogens is 3. The summed E-state index contributed by atoms with van der Waals surface area (Å²) in [6.07, 6.45) is 13.4. The first-order chi connectivity index (χ1) is 20.8. The number of rotatable bonds is 8. The molecule has 7 rings (SSSR count). The number of aryl methyl sites for hydroxylation is 2. The first-order valence-corrected chi connectivity index (χ1v) is 15.3. The summed E-state index contributed by atoms with van der Waals surface area (Å²) >= 11 is 0. The van der Waals surface area contributed by atoms with Crippen molar-refractivity contribution in [1.82, 2.24) is 19.4 Å². The van der Waals surface area contributed by atoms with Crippen molar-refractivity contribution in [2.75, 3.05) is 0 Å². The average Bonchev–Trinajstić information content (AvgIpc) is 3.78. The maximum atomic E-state index is 11.4. The van der Waals surface area contributed by atoms with E-state index in [4.69, 9.17) is 9.40 Å². The van der Waals surface area contributed by atoms with E-state index in [0.717, 1.165) is 58.4 Å². The zero-order valence-corrected chi connectivity index (χ0v) is 25.1. The Morgan fingerprint density at radius 1 is 1.07 bits per heavy atom. The van der Waals surface area contributed by atoms with Crippen molar-refractivity contribution in [3.63, 3.8) is 0 Å². The van der Waals surface area contributed by atoms with Gasteiger partial charge in [0.2, 0.25) is 0 Å². The van der Waals surface area contributed by atoms with Crippen molar-refractivity contribution >= 4 is 47.1 Å². The van der Waals surface area contributed by atoms with Gasteiger partial charge in [0.05, 0.1) is 0 Å². The van der Waals surface area contributed by atoms with Gasteiger partial charge in [0.1, 0.15) is 0 Å². The number of hydrogen-bond acceptors (Lipinski definition) is 4. The zero-order chi connectivity index (χ0) is 29.9. The monoisotopic (exact) mass is 572 g/mol. The quantitative estimate of drug-likeness (QED) is 0.163. The number of imidazole rings is 1. The molecule has 43 heavy (non-hydrogen) atoms. The number of nitrogens with one attached hydrogen (secondary N) is 1. The van der Waals surface area contributed by atoms with Gasteiger partial charge in [0, 0.05) is 0 Å². The Balaban J connectivity index is 1.24. The molecule has 7 nitrogen and oxygen atoms in total. The molecule has 0 radical (unpaired) electrons. The minimum absolute atomic E-state index is 0.303. The van der Waals surface area contributed by atoms with Gasteiger partial charge in [-0.2, -0.15) is 0 Å². The third-order valence-electron chi connectivity index (χ3n) is 9.80. The zero-order valence-electron chi connectivity index (χ0n) is 25.1. The molecule has 0 aliphatic heterocycles. The van der Waals surface area contributed by atoms with Gasteiger partial charge in [0.15, 0.2) is 0 Å². The molecule has 2 fully saturated rings. The second-order valence-electron chi connectivity index (χ2n) is 12.5. The summed E-state index contributed by atoms with van der Waals surface area (Å²) in [6, 6.07) is 14.8. The van der Waals surface area contributed by atoms with Crippen LogP contribution in [-0.2, 0) is 24.4 Å². The molecule has 0 saturated heterocycles. The van der Waals surface area contributed by atoms with E-state index < -0.39 is 5.97 Å². The Bertz CT molecular complexity index is 1920. The fourth-order valence-electron chi connectivity index (χ4n) is 7.36. The summed E-state index contributed by atoms with van der Waals surface area (Å²) in [6.45, 7) is 1.61. The summed E-state index contributed by atoms with van der Waals surface area (Å²) in [7, 11) is 8.73. The molecular formula is C35H37BN4O3. The number of aliphatic carboxylic acids is 1. The second kappa shape index (κ2) is 10.4. The third-order valence-corrected chi connectivity index (χ3v) is 9.80. The van der Waals surface area contributed by atoms with Crippen LogP contribution in [0.25, 0.3) is 39.3 Å². The van der Waals surface area contributed by atoms with Gasteiger partial charge in [-0.25, -0.2) is 0 Å². The standard InChI is InChI=1S/C35H37BN4O3/c1-21(33(41)42)17-22-9-12-27-29(18-22)40(3)34(37-27)35(14-6-15-35)38-32(36)24-10-11-26-28(19-24)39(2)31(25-13-16-43-20-25)30(26)23-7-4-5-8-23/h9-13,16-20,23,36,38H,4-8,14-15H2,1-3H3,(H,41,42)/b21-17+. The predicted octanol–water partition coefficient (Wildman–Crippen LogP) is 6.52. The Morgan fingerprint density at radius 2 is 1.86 bits per heavy atom. The summed E-state index contributed by atoms with van der Waals surface area (Å²) < 4.78 is 9.98. The first-order valence-electron chi connectivity index (χ1n) is 15.3. The molecule has 2 aliphatic rings. The van der Waals surface area contributed by atoms with E-state index >= 15 is 0 Å². The topological polar surface area (TPSA) is 85.2 Å². The van der Waals surface area contributed by atoms with Crippen molar-refractivity contribution in [3.8, 4) is 11.3 Å². The number of nitrogens with zero attached hydrogens (tertiary/aromatic N) is 3. The van der Waals surface area contributed by atoms with Gasteiger partial charge < -0.3 is 0 Å². The summed E-state index contributed by atoms with van der Waals surface area (Å²) in [4.78, 5) is 16.4. The molecule has 2 aromatic carbocycles. The molecule has 3 aromatic heterocycles. The van der Waals surface area contributed by atoms with E-state index in [2.05, 4.69) is 53.3 Å². The second-order valence-corrected chi connectivity index (χ2v) is 12.5. The molecule has 0 atom stereocenters. The van der Waals surface area contributed by atoms with Crippen LogP contribution in [-0.4, -0.2) is 38.3 Å². The SMILES string of the molecule is B=C(NC1(c2nc3ccc(/C=C(\C)C(=O)O)cc3n2C)CCC1)c1ccc2c(C3CCCC3)c(-c3ccoc3)n(C)c2c1.